The van der Waals surface area contributed by atoms with Crippen LogP contribution in [0.25, 0.3) is 0 Å². The van der Waals surface area contributed by atoms with E-state index in [4.69, 9.17) is 5.73 Å². The summed E-state index contributed by atoms with van der Waals surface area (Å²) in [6.07, 6.45) is 1.03. The van der Waals surface area contributed by atoms with Crippen LogP contribution < -0.4 is 5.73 Å². The molecule has 0 heterocycles. The SMILES string of the molecule is CCC(N)C(C)N(C)Cc1ccccc1. The summed E-state index contributed by atoms with van der Waals surface area (Å²) in [5.41, 5.74) is 7.37. The van der Waals surface area contributed by atoms with Gasteiger partial charge in [0.1, 0.15) is 0 Å². The van der Waals surface area contributed by atoms with Crippen molar-refractivity contribution in [1.29, 1.82) is 0 Å². The van der Waals surface area contributed by atoms with Crippen molar-refractivity contribution in [3.05, 3.63) is 35.9 Å². The van der Waals surface area contributed by atoms with Gasteiger partial charge in [0.15, 0.2) is 0 Å². The number of hydrogen-bond donors (Lipinski definition) is 1. The largest absolute Gasteiger partial charge is 0.326 e. The quantitative estimate of drug-likeness (QED) is 0.800. The van der Waals surface area contributed by atoms with E-state index >= 15 is 0 Å². The van der Waals surface area contributed by atoms with Crippen LogP contribution in [0.1, 0.15) is 25.8 Å². The lowest BCUT2D eigenvalue weighted by atomic mass is 10.1. The van der Waals surface area contributed by atoms with Crippen LogP contribution in [-0.2, 0) is 6.54 Å². The van der Waals surface area contributed by atoms with Gasteiger partial charge in [0.25, 0.3) is 0 Å². The first-order valence-corrected chi connectivity index (χ1v) is 5.65. The smallest absolute Gasteiger partial charge is 0.0234 e. The second-order valence-corrected chi connectivity index (χ2v) is 4.21. The molecular weight excluding hydrogens is 184 g/mol. The molecule has 1 rings (SSSR count). The zero-order chi connectivity index (χ0) is 11.3. The fraction of sp³-hybridized carbons (Fsp3) is 0.538. The number of nitrogens with two attached hydrogens (primary N) is 1. The molecular formula is C13H22N2. The maximum atomic E-state index is 6.03. The van der Waals surface area contributed by atoms with Crippen LogP contribution in [-0.4, -0.2) is 24.0 Å². The molecule has 1 aromatic rings. The highest BCUT2D eigenvalue weighted by Gasteiger charge is 2.15. The molecule has 15 heavy (non-hydrogen) atoms. The molecule has 0 radical (unpaired) electrons. The molecule has 0 amide bonds. The maximum Gasteiger partial charge on any atom is 0.0234 e. The van der Waals surface area contributed by atoms with Crippen molar-refractivity contribution in [3.63, 3.8) is 0 Å². The van der Waals surface area contributed by atoms with Crippen LogP contribution in [0.5, 0.6) is 0 Å². The molecule has 0 aliphatic carbocycles. The summed E-state index contributed by atoms with van der Waals surface area (Å²) in [6, 6.07) is 11.2. The first kappa shape index (κ1) is 12.2. The Bertz CT molecular complexity index is 271. The van der Waals surface area contributed by atoms with Crippen LogP contribution in [0.3, 0.4) is 0 Å². The molecule has 2 nitrogen and oxygen atoms in total. The minimum absolute atomic E-state index is 0.263. The van der Waals surface area contributed by atoms with Crippen molar-refractivity contribution in [1.82, 2.24) is 4.90 Å². The first-order chi connectivity index (χ1) is 7.15. The Morgan fingerprint density at radius 1 is 1.27 bits per heavy atom. The monoisotopic (exact) mass is 206 g/mol. The second kappa shape index (κ2) is 5.89. The lowest BCUT2D eigenvalue weighted by molar-refractivity contribution is 0.215. The van der Waals surface area contributed by atoms with Gasteiger partial charge >= 0.3 is 0 Å². The van der Waals surface area contributed by atoms with E-state index in [9.17, 15) is 0 Å². The highest BCUT2D eigenvalue weighted by molar-refractivity contribution is 5.14. The first-order valence-electron chi connectivity index (χ1n) is 5.65. The summed E-state index contributed by atoms with van der Waals surface area (Å²) in [6.45, 7) is 5.30. The molecule has 2 N–H and O–H groups in total. The normalized spacial score (nSPS) is 15.3. The van der Waals surface area contributed by atoms with Crippen molar-refractivity contribution in [2.24, 2.45) is 5.73 Å². The predicted octanol–water partition coefficient (Wildman–Crippen LogP) is 2.24. The third kappa shape index (κ3) is 3.65. The van der Waals surface area contributed by atoms with E-state index in [0.717, 1.165) is 13.0 Å². The number of rotatable bonds is 5. The Hall–Kier alpha value is -0.860. The van der Waals surface area contributed by atoms with E-state index in [1.54, 1.807) is 0 Å². The van der Waals surface area contributed by atoms with Crippen LogP contribution >= 0.6 is 0 Å². The second-order valence-electron chi connectivity index (χ2n) is 4.21. The molecule has 0 aromatic heterocycles. The lowest BCUT2D eigenvalue weighted by Crippen LogP contribution is -2.43. The molecule has 2 unspecified atom stereocenters. The third-order valence-electron chi connectivity index (χ3n) is 3.06. The predicted molar refractivity (Wildman–Crippen MR) is 65.6 cm³/mol. The van der Waals surface area contributed by atoms with Crippen molar-refractivity contribution in [3.8, 4) is 0 Å². The average Bonchev–Trinajstić information content (AvgIpc) is 2.28. The third-order valence-corrected chi connectivity index (χ3v) is 3.06. The molecule has 2 heteroatoms. The fourth-order valence-electron chi connectivity index (χ4n) is 1.68. The number of hydrogen-bond acceptors (Lipinski definition) is 2. The number of likely N-dealkylation sites (N-methyl/N-ethyl adjacent to an activating group) is 1. The summed E-state index contributed by atoms with van der Waals surface area (Å²) in [7, 11) is 2.13. The van der Waals surface area contributed by atoms with Crippen LogP contribution in [0, 0.1) is 0 Å². The fourth-order valence-corrected chi connectivity index (χ4v) is 1.68. The number of nitrogens with zero attached hydrogens (tertiary/aromatic N) is 1. The lowest BCUT2D eigenvalue weighted by Gasteiger charge is -2.29. The summed E-state index contributed by atoms with van der Waals surface area (Å²) in [5.74, 6) is 0. The van der Waals surface area contributed by atoms with Crippen molar-refractivity contribution in [2.45, 2.75) is 38.9 Å². The minimum atomic E-state index is 0.263. The van der Waals surface area contributed by atoms with Crippen molar-refractivity contribution >= 4 is 0 Å². The van der Waals surface area contributed by atoms with Gasteiger partial charge < -0.3 is 5.73 Å². The molecule has 0 saturated carbocycles. The van der Waals surface area contributed by atoms with Gasteiger partial charge in [-0.2, -0.15) is 0 Å². The van der Waals surface area contributed by atoms with E-state index < -0.39 is 0 Å². The van der Waals surface area contributed by atoms with Crippen LogP contribution in [0.4, 0.5) is 0 Å². The Balaban J connectivity index is 2.52. The van der Waals surface area contributed by atoms with Crippen molar-refractivity contribution < 1.29 is 0 Å². The zero-order valence-corrected chi connectivity index (χ0v) is 9.98. The zero-order valence-electron chi connectivity index (χ0n) is 9.98. The molecule has 84 valence electrons. The minimum Gasteiger partial charge on any atom is -0.326 e. The van der Waals surface area contributed by atoms with Crippen LogP contribution in [0.2, 0.25) is 0 Å². The molecule has 0 aliphatic rings. The van der Waals surface area contributed by atoms with E-state index in [0.29, 0.717) is 6.04 Å². The van der Waals surface area contributed by atoms with Gasteiger partial charge in [-0.15, -0.1) is 0 Å². The van der Waals surface area contributed by atoms with Gasteiger partial charge in [-0.3, -0.25) is 4.90 Å². The molecule has 2 atom stereocenters. The standard InChI is InChI=1S/C13H22N2/c1-4-13(14)11(2)15(3)10-12-8-6-5-7-9-12/h5-9,11,13H,4,10,14H2,1-3H3. The Kier molecular flexibility index (Phi) is 4.79. The maximum absolute atomic E-state index is 6.03. The van der Waals surface area contributed by atoms with Crippen LogP contribution in [0.15, 0.2) is 30.3 Å². The Labute approximate surface area is 93.1 Å². The summed E-state index contributed by atoms with van der Waals surface area (Å²) in [5, 5.41) is 0. The average molecular weight is 206 g/mol. The summed E-state index contributed by atoms with van der Waals surface area (Å²) in [4.78, 5) is 2.31. The number of benzene rings is 1. The molecule has 0 fully saturated rings. The van der Waals surface area contributed by atoms with Gasteiger partial charge in [-0.05, 0) is 26.0 Å². The molecule has 0 spiro atoms. The molecule has 0 bridgehead atoms. The van der Waals surface area contributed by atoms with Gasteiger partial charge in [0.2, 0.25) is 0 Å². The van der Waals surface area contributed by atoms with E-state index in [1.165, 1.54) is 5.56 Å². The topological polar surface area (TPSA) is 29.3 Å². The van der Waals surface area contributed by atoms with E-state index in [2.05, 4.69) is 50.1 Å². The highest BCUT2D eigenvalue weighted by atomic mass is 15.1. The summed E-state index contributed by atoms with van der Waals surface area (Å²) < 4.78 is 0. The van der Waals surface area contributed by atoms with Gasteiger partial charge in [0, 0.05) is 18.6 Å². The Morgan fingerprint density at radius 3 is 2.40 bits per heavy atom. The Morgan fingerprint density at radius 2 is 1.87 bits per heavy atom. The molecule has 0 aliphatic heterocycles. The summed E-state index contributed by atoms with van der Waals surface area (Å²) >= 11 is 0. The molecule has 1 aromatic carbocycles. The van der Waals surface area contributed by atoms with Crippen molar-refractivity contribution in [2.75, 3.05) is 7.05 Å². The highest BCUT2D eigenvalue weighted by Crippen LogP contribution is 2.08. The van der Waals surface area contributed by atoms with E-state index in [-0.39, 0.29) is 6.04 Å². The molecule has 0 saturated heterocycles. The van der Waals surface area contributed by atoms with Gasteiger partial charge in [-0.25, -0.2) is 0 Å². The van der Waals surface area contributed by atoms with Gasteiger partial charge in [-0.1, -0.05) is 37.3 Å². The van der Waals surface area contributed by atoms with Gasteiger partial charge in [0.05, 0.1) is 0 Å². The van der Waals surface area contributed by atoms with E-state index in [1.807, 2.05) is 6.07 Å².